The third kappa shape index (κ3) is 1.83. The fourth-order valence-corrected chi connectivity index (χ4v) is 2.29. The highest BCUT2D eigenvalue weighted by molar-refractivity contribution is 6.09. The highest BCUT2D eigenvalue weighted by Gasteiger charge is 2.15. The van der Waals surface area contributed by atoms with E-state index in [-0.39, 0.29) is 5.78 Å². The molecule has 18 heavy (non-hydrogen) atoms. The smallest absolute Gasteiger partial charge is 0.194 e. The van der Waals surface area contributed by atoms with E-state index in [9.17, 15) is 4.79 Å². The number of aromatic nitrogens is 1. The minimum Gasteiger partial charge on any atom is -0.309 e. The molecule has 0 aliphatic carbocycles. The monoisotopic (exact) mass is 238 g/mol. The Morgan fingerprint density at radius 1 is 1.22 bits per heavy atom. The predicted molar refractivity (Wildman–Crippen MR) is 69.4 cm³/mol. The van der Waals surface area contributed by atoms with Gasteiger partial charge in [0.1, 0.15) is 0 Å². The molecule has 0 saturated carbocycles. The molecule has 3 heteroatoms. The molecule has 2 heterocycles. The number of nitrogens with zero attached hydrogens (tertiary/aromatic N) is 1. The summed E-state index contributed by atoms with van der Waals surface area (Å²) < 4.78 is 0. The third-order valence-electron chi connectivity index (χ3n) is 3.38. The molecule has 1 N–H and O–H groups in total. The van der Waals surface area contributed by atoms with Crippen LogP contribution in [0.2, 0.25) is 0 Å². The molecule has 1 aromatic heterocycles. The van der Waals surface area contributed by atoms with Crippen LogP contribution in [0.15, 0.2) is 36.7 Å². The lowest BCUT2D eigenvalue weighted by Crippen LogP contribution is -2.05. The van der Waals surface area contributed by atoms with Crippen LogP contribution in [0, 0.1) is 6.92 Å². The topological polar surface area (TPSA) is 42.0 Å². The van der Waals surface area contributed by atoms with Gasteiger partial charge in [0.25, 0.3) is 0 Å². The molecule has 0 unspecified atom stereocenters. The summed E-state index contributed by atoms with van der Waals surface area (Å²) in [5.41, 5.74) is 4.91. The van der Waals surface area contributed by atoms with E-state index in [0.717, 1.165) is 24.2 Å². The molecule has 2 aromatic rings. The van der Waals surface area contributed by atoms with Gasteiger partial charge in [-0.05, 0) is 35.7 Å². The van der Waals surface area contributed by atoms with Gasteiger partial charge < -0.3 is 5.32 Å². The molecule has 0 bridgehead atoms. The van der Waals surface area contributed by atoms with Gasteiger partial charge in [0, 0.05) is 36.6 Å². The normalized spacial score (nSPS) is 13.4. The lowest BCUT2D eigenvalue weighted by Gasteiger charge is -2.06. The Hall–Kier alpha value is -2.00. The Bertz CT molecular complexity index is 620. The van der Waals surface area contributed by atoms with E-state index in [1.54, 1.807) is 12.4 Å². The average Bonchev–Trinajstić information content (AvgIpc) is 2.85. The molecular formula is C15H14N2O. The molecule has 3 rings (SSSR count). The number of fused-ring (bicyclic) bond motifs is 1. The van der Waals surface area contributed by atoms with Crippen molar-refractivity contribution in [3.8, 4) is 0 Å². The van der Waals surface area contributed by atoms with Gasteiger partial charge in [0.2, 0.25) is 0 Å². The third-order valence-corrected chi connectivity index (χ3v) is 3.38. The summed E-state index contributed by atoms with van der Waals surface area (Å²) in [4.78, 5) is 16.4. The summed E-state index contributed by atoms with van der Waals surface area (Å²) in [5, 5.41) is 3.28. The van der Waals surface area contributed by atoms with E-state index in [1.807, 2.05) is 31.2 Å². The van der Waals surface area contributed by atoms with Crippen LogP contribution in [0.1, 0.15) is 32.6 Å². The van der Waals surface area contributed by atoms with Gasteiger partial charge in [-0.3, -0.25) is 9.78 Å². The molecule has 0 atom stereocenters. The van der Waals surface area contributed by atoms with Crippen molar-refractivity contribution >= 4 is 5.78 Å². The number of aryl methyl sites for hydroxylation is 1. The minimum atomic E-state index is 0.0512. The summed E-state index contributed by atoms with van der Waals surface area (Å²) in [6, 6.07) is 7.79. The average molecular weight is 238 g/mol. The maximum Gasteiger partial charge on any atom is 0.194 e. The predicted octanol–water partition coefficient (Wildman–Crippen LogP) is 2.22. The zero-order chi connectivity index (χ0) is 12.5. The number of benzene rings is 1. The van der Waals surface area contributed by atoms with E-state index in [1.165, 1.54) is 11.1 Å². The van der Waals surface area contributed by atoms with Gasteiger partial charge in [-0.1, -0.05) is 12.1 Å². The first-order valence-electron chi connectivity index (χ1n) is 6.03. The van der Waals surface area contributed by atoms with E-state index in [0.29, 0.717) is 5.56 Å². The van der Waals surface area contributed by atoms with Crippen LogP contribution in [-0.2, 0) is 13.1 Å². The number of carbonyl (C=O) groups excluding carboxylic acids is 1. The van der Waals surface area contributed by atoms with Crippen molar-refractivity contribution in [3.05, 3.63) is 64.5 Å². The largest absolute Gasteiger partial charge is 0.309 e. The second kappa shape index (κ2) is 4.35. The molecule has 0 fully saturated rings. The maximum atomic E-state index is 12.4. The van der Waals surface area contributed by atoms with Crippen molar-refractivity contribution in [2.24, 2.45) is 0 Å². The number of ketones is 1. The van der Waals surface area contributed by atoms with Gasteiger partial charge in [0.05, 0.1) is 0 Å². The number of nitrogens with one attached hydrogen (secondary N) is 1. The Morgan fingerprint density at radius 2 is 2.06 bits per heavy atom. The fourth-order valence-electron chi connectivity index (χ4n) is 2.29. The van der Waals surface area contributed by atoms with Crippen LogP contribution in [0.25, 0.3) is 0 Å². The molecule has 1 aliphatic rings. The Balaban J connectivity index is 2.01. The highest BCUT2D eigenvalue weighted by atomic mass is 16.1. The number of carbonyl (C=O) groups is 1. The zero-order valence-corrected chi connectivity index (χ0v) is 10.2. The molecule has 0 spiro atoms. The van der Waals surface area contributed by atoms with E-state index in [4.69, 9.17) is 0 Å². The summed E-state index contributed by atoms with van der Waals surface area (Å²) in [7, 11) is 0. The number of hydrogen-bond acceptors (Lipinski definition) is 3. The molecule has 0 radical (unpaired) electrons. The molecule has 90 valence electrons. The summed E-state index contributed by atoms with van der Waals surface area (Å²) >= 11 is 0. The first kappa shape index (κ1) is 11.1. The number of rotatable bonds is 2. The van der Waals surface area contributed by atoms with Crippen LogP contribution < -0.4 is 5.32 Å². The second-order valence-electron chi connectivity index (χ2n) is 4.61. The Labute approximate surface area is 106 Å². The van der Waals surface area contributed by atoms with Gasteiger partial charge >= 0.3 is 0 Å². The van der Waals surface area contributed by atoms with Crippen LogP contribution in [0.5, 0.6) is 0 Å². The van der Waals surface area contributed by atoms with E-state index < -0.39 is 0 Å². The van der Waals surface area contributed by atoms with Gasteiger partial charge in [-0.2, -0.15) is 0 Å². The van der Waals surface area contributed by atoms with E-state index in [2.05, 4.69) is 10.3 Å². The summed E-state index contributed by atoms with van der Waals surface area (Å²) in [6.07, 6.45) is 3.35. The SMILES string of the molecule is Cc1ccncc1C(=O)c1ccc2c(c1)CNC2. The first-order chi connectivity index (χ1) is 8.75. The van der Waals surface area contributed by atoms with Crippen LogP contribution >= 0.6 is 0 Å². The number of hydrogen-bond donors (Lipinski definition) is 1. The highest BCUT2D eigenvalue weighted by Crippen LogP contribution is 2.20. The Kier molecular flexibility index (Phi) is 2.68. The van der Waals surface area contributed by atoms with Crippen molar-refractivity contribution in [1.82, 2.24) is 10.3 Å². The van der Waals surface area contributed by atoms with Crippen LogP contribution in [0.4, 0.5) is 0 Å². The van der Waals surface area contributed by atoms with Crippen LogP contribution in [-0.4, -0.2) is 10.8 Å². The lowest BCUT2D eigenvalue weighted by atomic mass is 9.98. The zero-order valence-electron chi connectivity index (χ0n) is 10.2. The van der Waals surface area contributed by atoms with Crippen molar-refractivity contribution in [3.63, 3.8) is 0 Å². The van der Waals surface area contributed by atoms with Gasteiger partial charge in [-0.25, -0.2) is 0 Å². The maximum absolute atomic E-state index is 12.4. The standard InChI is InChI=1S/C15H14N2O/c1-10-4-5-16-9-14(10)15(18)11-2-3-12-7-17-8-13(12)6-11/h2-6,9,17H,7-8H2,1H3. The summed E-state index contributed by atoms with van der Waals surface area (Å²) in [5.74, 6) is 0.0512. The Morgan fingerprint density at radius 3 is 2.89 bits per heavy atom. The van der Waals surface area contributed by atoms with E-state index >= 15 is 0 Å². The summed E-state index contributed by atoms with van der Waals surface area (Å²) in [6.45, 7) is 3.68. The lowest BCUT2D eigenvalue weighted by molar-refractivity contribution is 0.103. The molecule has 3 nitrogen and oxygen atoms in total. The first-order valence-corrected chi connectivity index (χ1v) is 6.03. The molecule has 0 saturated heterocycles. The molecular weight excluding hydrogens is 224 g/mol. The fraction of sp³-hybridized carbons (Fsp3) is 0.200. The van der Waals surface area contributed by atoms with Crippen molar-refractivity contribution in [2.75, 3.05) is 0 Å². The minimum absolute atomic E-state index is 0.0512. The molecule has 1 aromatic carbocycles. The quantitative estimate of drug-likeness (QED) is 0.816. The van der Waals surface area contributed by atoms with Gasteiger partial charge in [-0.15, -0.1) is 0 Å². The van der Waals surface area contributed by atoms with Gasteiger partial charge in [0.15, 0.2) is 5.78 Å². The second-order valence-corrected chi connectivity index (χ2v) is 4.61. The van der Waals surface area contributed by atoms with Crippen molar-refractivity contribution < 1.29 is 4.79 Å². The molecule has 0 amide bonds. The molecule has 1 aliphatic heterocycles. The van der Waals surface area contributed by atoms with Crippen molar-refractivity contribution in [1.29, 1.82) is 0 Å². The van der Waals surface area contributed by atoms with Crippen molar-refractivity contribution in [2.45, 2.75) is 20.0 Å². The van der Waals surface area contributed by atoms with Crippen LogP contribution in [0.3, 0.4) is 0 Å². The number of pyridine rings is 1.